The summed E-state index contributed by atoms with van der Waals surface area (Å²) >= 11 is 0. The largest absolute Gasteiger partial charge is 0.497 e. The van der Waals surface area contributed by atoms with Crippen LogP contribution in [0.3, 0.4) is 0 Å². The van der Waals surface area contributed by atoms with E-state index in [4.69, 9.17) is 9.31 Å². The third-order valence-corrected chi connectivity index (χ3v) is 3.63. The molecule has 0 spiro atoms. The SMILES string of the molecule is CCCc1ccc(B2OCC(CCC)CO2)c(F)c1F. The van der Waals surface area contributed by atoms with Gasteiger partial charge < -0.3 is 9.31 Å². The third kappa shape index (κ3) is 3.39. The second-order valence-corrected chi connectivity index (χ2v) is 5.35. The van der Waals surface area contributed by atoms with Crippen LogP contribution >= 0.6 is 0 Å². The van der Waals surface area contributed by atoms with Crippen molar-refractivity contribution in [1.29, 1.82) is 0 Å². The normalized spacial score (nSPS) is 16.7. The Morgan fingerprint density at radius 1 is 1.10 bits per heavy atom. The van der Waals surface area contributed by atoms with E-state index in [0.29, 0.717) is 31.1 Å². The molecule has 0 atom stereocenters. The molecule has 1 heterocycles. The number of hydrogen-bond acceptors (Lipinski definition) is 2. The molecular formula is C15H21BF2O2. The first kappa shape index (κ1) is 15.5. The quantitative estimate of drug-likeness (QED) is 0.773. The summed E-state index contributed by atoms with van der Waals surface area (Å²) in [6.45, 7) is 5.12. The van der Waals surface area contributed by atoms with Crippen molar-refractivity contribution in [3.8, 4) is 0 Å². The van der Waals surface area contributed by atoms with Crippen molar-refractivity contribution in [3.63, 3.8) is 0 Å². The molecule has 1 aliphatic rings. The van der Waals surface area contributed by atoms with E-state index in [1.165, 1.54) is 0 Å². The molecule has 1 aromatic rings. The smallest absolute Gasteiger partial charge is 0.407 e. The Morgan fingerprint density at radius 2 is 1.80 bits per heavy atom. The molecule has 0 aromatic heterocycles. The Morgan fingerprint density at radius 3 is 2.40 bits per heavy atom. The average Bonchev–Trinajstić information content (AvgIpc) is 2.46. The van der Waals surface area contributed by atoms with Gasteiger partial charge in [0.15, 0.2) is 11.6 Å². The molecule has 20 heavy (non-hydrogen) atoms. The lowest BCUT2D eigenvalue weighted by molar-refractivity contribution is 0.0817. The maximum absolute atomic E-state index is 14.1. The Kier molecular flexibility index (Phi) is 5.55. The highest BCUT2D eigenvalue weighted by Gasteiger charge is 2.32. The van der Waals surface area contributed by atoms with E-state index in [-0.39, 0.29) is 5.46 Å². The van der Waals surface area contributed by atoms with Gasteiger partial charge in [-0.15, -0.1) is 0 Å². The molecule has 5 heteroatoms. The molecule has 0 aliphatic carbocycles. The average molecular weight is 282 g/mol. The molecule has 0 unspecified atom stereocenters. The van der Waals surface area contributed by atoms with E-state index in [2.05, 4.69) is 6.92 Å². The van der Waals surface area contributed by atoms with Gasteiger partial charge in [0.05, 0.1) is 0 Å². The summed E-state index contributed by atoms with van der Waals surface area (Å²) in [5, 5.41) is 0. The Balaban J connectivity index is 2.08. The highest BCUT2D eigenvalue weighted by Crippen LogP contribution is 2.17. The molecule has 110 valence electrons. The standard InChI is InChI=1S/C15H21BF2O2/c1-3-5-11-9-19-16(20-10-11)13-8-7-12(6-4-2)14(17)15(13)18/h7-8,11H,3-6,9-10H2,1-2H3. The maximum Gasteiger partial charge on any atom is 0.497 e. The first-order valence-electron chi connectivity index (χ1n) is 7.37. The molecule has 0 amide bonds. The molecule has 2 rings (SSSR count). The molecule has 0 saturated carbocycles. The number of benzene rings is 1. The van der Waals surface area contributed by atoms with Gasteiger partial charge in [0.1, 0.15) is 0 Å². The molecule has 0 bridgehead atoms. The summed E-state index contributed by atoms with van der Waals surface area (Å²) < 4.78 is 39.1. The van der Waals surface area contributed by atoms with E-state index in [1.807, 2.05) is 6.92 Å². The highest BCUT2D eigenvalue weighted by molar-refractivity contribution is 6.61. The number of aryl methyl sites for hydroxylation is 1. The predicted molar refractivity (Wildman–Crippen MR) is 76.0 cm³/mol. The van der Waals surface area contributed by atoms with E-state index in [0.717, 1.165) is 19.3 Å². The molecule has 1 fully saturated rings. The Bertz CT molecular complexity index is 446. The van der Waals surface area contributed by atoms with Crippen LogP contribution in [0.2, 0.25) is 0 Å². The minimum atomic E-state index is -0.838. The minimum Gasteiger partial charge on any atom is -0.407 e. The van der Waals surface area contributed by atoms with Crippen molar-refractivity contribution in [2.24, 2.45) is 5.92 Å². The first-order chi connectivity index (χ1) is 9.67. The second kappa shape index (κ2) is 7.18. The fourth-order valence-electron chi connectivity index (χ4n) is 2.55. The second-order valence-electron chi connectivity index (χ2n) is 5.35. The first-order valence-corrected chi connectivity index (χ1v) is 7.37. The zero-order valence-corrected chi connectivity index (χ0v) is 12.1. The van der Waals surface area contributed by atoms with Crippen molar-refractivity contribution in [2.75, 3.05) is 13.2 Å². The molecule has 1 aliphatic heterocycles. The number of hydrogen-bond donors (Lipinski definition) is 0. The lowest BCUT2D eigenvalue weighted by atomic mass is 9.76. The van der Waals surface area contributed by atoms with Crippen LogP contribution in [0.1, 0.15) is 38.7 Å². The van der Waals surface area contributed by atoms with Crippen molar-refractivity contribution in [1.82, 2.24) is 0 Å². The summed E-state index contributed by atoms with van der Waals surface area (Å²) in [5.74, 6) is -1.26. The molecule has 1 aromatic carbocycles. The molecular weight excluding hydrogens is 261 g/mol. The van der Waals surface area contributed by atoms with Crippen LogP contribution in [0.25, 0.3) is 0 Å². The van der Waals surface area contributed by atoms with Crippen LogP contribution in [0.5, 0.6) is 0 Å². The van der Waals surface area contributed by atoms with E-state index >= 15 is 0 Å². The van der Waals surface area contributed by atoms with Gasteiger partial charge in [-0.05, 0) is 18.4 Å². The van der Waals surface area contributed by atoms with Crippen molar-refractivity contribution < 1.29 is 18.1 Å². The van der Waals surface area contributed by atoms with Gasteiger partial charge in [-0.25, -0.2) is 8.78 Å². The number of halogens is 2. The summed E-state index contributed by atoms with van der Waals surface area (Å²) in [4.78, 5) is 0. The van der Waals surface area contributed by atoms with Gasteiger partial charge in [0, 0.05) is 24.6 Å². The van der Waals surface area contributed by atoms with E-state index in [1.54, 1.807) is 12.1 Å². The van der Waals surface area contributed by atoms with Crippen LogP contribution < -0.4 is 5.46 Å². The van der Waals surface area contributed by atoms with Gasteiger partial charge in [0.25, 0.3) is 0 Å². The van der Waals surface area contributed by atoms with E-state index in [9.17, 15) is 8.78 Å². The lowest BCUT2D eigenvalue weighted by Gasteiger charge is -2.27. The van der Waals surface area contributed by atoms with Crippen LogP contribution in [-0.4, -0.2) is 20.3 Å². The summed E-state index contributed by atoms with van der Waals surface area (Å²) in [6.07, 6.45) is 3.41. The summed E-state index contributed by atoms with van der Waals surface area (Å²) in [6, 6.07) is 3.20. The van der Waals surface area contributed by atoms with Gasteiger partial charge in [0.2, 0.25) is 0 Å². The fraction of sp³-hybridized carbons (Fsp3) is 0.600. The Hall–Kier alpha value is -0.935. The number of rotatable bonds is 5. The Labute approximate surface area is 119 Å². The minimum absolute atomic E-state index is 0.164. The van der Waals surface area contributed by atoms with Gasteiger partial charge in [-0.3, -0.25) is 0 Å². The van der Waals surface area contributed by atoms with Crippen molar-refractivity contribution in [2.45, 2.75) is 39.5 Å². The van der Waals surface area contributed by atoms with Crippen molar-refractivity contribution >= 4 is 12.6 Å². The molecule has 0 radical (unpaired) electrons. The van der Waals surface area contributed by atoms with Crippen molar-refractivity contribution in [3.05, 3.63) is 29.3 Å². The predicted octanol–water partition coefficient (Wildman–Crippen LogP) is 3.08. The van der Waals surface area contributed by atoms with Crippen LogP contribution in [0.15, 0.2) is 12.1 Å². The van der Waals surface area contributed by atoms with Gasteiger partial charge in [-0.1, -0.05) is 38.8 Å². The molecule has 0 N–H and O–H groups in total. The zero-order valence-electron chi connectivity index (χ0n) is 12.1. The fourth-order valence-corrected chi connectivity index (χ4v) is 2.55. The monoisotopic (exact) mass is 282 g/mol. The molecule has 1 saturated heterocycles. The molecule has 2 nitrogen and oxygen atoms in total. The van der Waals surface area contributed by atoms with Crippen LogP contribution in [0, 0.1) is 17.6 Å². The zero-order chi connectivity index (χ0) is 14.5. The summed E-state index contributed by atoms with van der Waals surface area (Å²) in [7, 11) is -0.784. The van der Waals surface area contributed by atoms with Gasteiger partial charge in [-0.2, -0.15) is 0 Å². The van der Waals surface area contributed by atoms with E-state index < -0.39 is 18.8 Å². The highest BCUT2D eigenvalue weighted by atomic mass is 19.2. The third-order valence-electron chi connectivity index (χ3n) is 3.63. The lowest BCUT2D eigenvalue weighted by Crippen LogP contribution is -2.46. The van der Waals surface area contributed by atoms with Crippen LogP contribution in [-0.2, 0) is 15.7 Å². The van der Waals surface area contributed by atoms with Crippen LogP contribution in [0.4, 0.5) is 8.78 Å². The topological polar surface area (TPSA) is 18.5 Å². The maximum atomic E-state index is 14.1. The summed E-state index contributed by atoms with van der Waals surface area (Å²) in [5.41, 5.74) is 0.575. The van der Waals surface area contributed by atoms with Gasteiger partial charge >= 0.3 is 7.12 Å².